The largest absolute Gasteiger partial charge is 0.247 e. The molecule has 0 bridgehead atoms. The van der Waals surface area contributed by atoms with Gasteiger partial charge < -0.3 is 0 Å². The maximum absolute atomic E-state index is 5.53. The van der Waals surface area contributed by atoms with Crippen molar-refractivity contribution in [3.63, 3.8) is 0 Å². The van der Waals surface area contributed by atoms with Crippen LogP contribution in [0.15, 0.2) is 206 Å². The van der Waals surface area contributed by atoms with Gasteiger partial charge in [-0.1, -0.05) is 182 Å². The van der Waals surface area contributed by atoms with Crippen LogP contribution in [0.25, 0.3) is 112 Å². The van der Waals surface area contributed by atoms with Crippen molar-refractivity contribution in [2.75, 3.05) is 0 Å². The van der Waals surface area contributed by atoms with Crippen LogP contribution in [0.5, 0.6) is 0 Å². The maximum atomic E-state index is 5.53. The minimum atomic E-state index is 0.616. The molecule has 6 heteroatoms. The highest BCUT2D eigenvalue weighted by atomic mass is 15.0. The number of nitrogens with zero attached hydrogens (tertiary/aromatic N) is 6. The summed E-state index contributed by atoms with van der Waals surface area (Å²) in [5.41, 5.74) is 13.1. The lowest BCUT2D eigenvalue weighted by Gasteiger charge is -2.16. The van der Waals surface area contributed by atoms with Crippen molar-refractivity contribution in [1.82, 2.24) is 29.9 Å². The molecule has 0 amide bonds. The summed E-state index contributed by atoms with van der Waals surface area (Å²) in [6.45, 7) is 0. The van der Waals surface area contributed by atoms with E-state index in [2.05, 4.69) is 115 Å². The molecular formula is C54H34N6. The first-order valence-electron chi connectivity index (χ1n) is 20.0. The SMILES string of the molecule is c1ccc(-c2nc(-c3ccccc3)nc(-c3ccc(-c4ccc5nc(-c6ccccc6)c6ccc7nc(-c8ccccc8)c(-c8ccccc8)nc7c6c5c4)cc3)n2)cc1. The van der Waals surface area contributed by atoms with Gasteiger partial charge in [-0.2, -0.15) is 0 Å². The van der Waals surface area contributed by atoms with Gasteiger partial charge in [0.15, 0.2) is 17.5 Å². The van der Waals surface area contributed by atoms with Crippen LogP contribution >= 0.6 is 0 Å². The lowest BCUT2D eigenvalue weighted by atomic mass is 9.95. The molecule has 0 radical (unpaired) electrons. The van der Waals surface area contributed by atoms with Gasteiger partial charge in [-0.3, -0.25) is 0 Å². The predicted molar refractivity (Wildman–Crippen MR) is 244 cm³/mol. The van der Waals surface area contributed by atoms with Gasteiger partial charge >= 0.3 is 0 Å². The number of benzene rings is 8. The Hall–Kier alpha value is -8.22. The number of fused-ring (bicyclic) bond motifs is 5. The van der Waals surface area contributed by atoms with Gasteiger partial charge in [0.25, 0.3) is 0 Å². The molecule has 0 aliphatic rings. The van der Waals surface area contributed by atoms with Crippen molar-refractivity contribution in [1.29, 1.82) is 0 Å². The first-order valence-corrected chi connectivity index (χ1v) is 20.0. The second-order valence-electron chi connectivity index (χ2n) is 14.7. The molecule has 0 saturated heterocycles. The van der Waals surface area contributed by atoms with Crippen molar-refractivity contribution in [3.8, 4) is 79.1 Å². The Morgan fingerprint density at radius 1 is 0.233 bits per heavy atom. The van der Waals surface area contributed by atoms with Crippen molar-refractivity contribution >= 4 is 32.7 Å². The fraction of sp³-hybridized carbons (Fsp3) is 0. The van der Waals surface area contributed by atoms with Crippen LogP contribution in [0.4, 0.5) is 0 Å². The molecule has 0 aliphatic heterocycles. The summed E-state index contributed by atoms with van der Waals surface area (Å²) in [5, 5.41) is 3.05. The minimum absolute atomic E-state index is 0.616. The van der Waals surface area contributed by atoms with Gasteiger partial charge in [-0.05, 0) is 35.4 Å². The summed E-state index contributed by atoms with van der Waals surface area (Å²) in [5.74, 6) is 1.88. The maximum Gasteiger partial charge on any atom is 0.164 e. The number of pyridine rings is 1. The van der Waals surface area contributed by atoms with E-state index in [0.717, 1.165) is 94.3 Å². The molecule has 11 rings (SSSR count). The molecule has 3 heterocycles. The van der Waals surface area contributed by atoms with Crippen molar-refractivity contribution in [3.05, 3.63) is 206 Å². The zero-order valence-corrected chi connectivity index (χ0v) is 32.3. The molecule has 0 saturated carbocycles. The number of rotatable bonds is 7. The zero-order chi connectivity index (χ0) is 39.8. The molecule has 280 valence electrons. The molecule has 3 aromatic heterocycles. The molecule has 0 atom stereocenters. The third-order valence-electron chi connectivity index (χ3n) is 10.9. The summed E-state index contributed by atoms with van der Waals surface area (Å²) in [7, 11) is 0. The Balaban J connectivity index is 1.09. The Labute approximate surface area is 346 Å². The van der Waals surface area contributed by atoms with E-state index < -0.39 is 0 Å². The van der Waals surface area contributed by atoms with Crippen LogP contribution in [0.2, 0.25) is 0 Å². The summed E-state index contributed by atoms with van der Waals surface area (Å²) in [4.78, 5) is 31.0. The highest BCUT2D eigenvalue weighted by molar-refractivity contribution is 6.21. The molecule has 0 N–H and O–H groups in total. The van der Waals surface area contributed by atoms with Crippen LogP contribution in [0, 0.1) is 0 Å². The molecule has 0 spiro atoms. The van der Waals surface area contributed by atoms with Crippen LogP contribution in [-0.4, -0.2) is 29.9 Å². The molecule has 0 fully saturated rings. The van der Waals surface area contributed by atoms with Crippen molar-refractivity contribution in [2.24, 2.45) is 0 Å². The first-order chi connectivity index (χ1) is 29.7. The van der Waals surface area contributed by atoms with E-state index in [9.17, 15) is 0 Å². The third-order valence-corrected chi connectivity index (χ3v) is 10.9. The Morgan fingerprint density at radius 3 is 1.13 bits per heavy atom. The van der Waals surface area contributed by atoms with E-state index in [1.165, 1.54) is 0 Å². The molecule has 11 aromatic rings. The predicted octanol–water partition coefficient (Wildman–Crippen LogP) is 13.2. The standard InChI is InChI=1S/C54H34N6/c1-6-16-36(17-7-1)48-43-31-33-46-51(57-50(38-20-10-3-11-21-38)49(56-46)37-18-8-2-9-19-37)47(43)44-34-42(30-32-45(44)55-48)35-26-28-41(29-27-35)54-59-52(39-22-12-4-13-23-39)58-53(60-54)40-24-14-5-15-25-40/h1-34H. The molecule has 6 nitrogen and oxygen atoms in total. The quantitative estimate of drug-likeness (QED) is 0.150. The Morgan fingerprint density at radius 2 is 0.617 bits per heavy atom. The van der Waals surface area contributed by atoms with E-state index in [-0.39, 0.29) is 0 Å². The first kappa shape index (κ1) is 35.0. The number of aromatic nitrogens is 6. The van der Waals surface area contributed by atoms with Crippen LogP contribution in [0.1, 0.15) is 0 Å². The molecular weight excluding hydrogens is 733 g/mol. The third kappa shape index (κ3) is 6.42. The monoisotopic (exact) mass is 766 g/mol. The fourth-order valence-electron chi connectivity index (χ4n) is 7.95. The number of hydrogen-bond donors (Lipinski definition) is 0. The lowest BCUT2D eigenvalue weighted by Crippen LogP contribution is -2.00. The highest BCUT2D eigenvalue weighted by Gasteiger charge is 2.20. The van der Waals surface area contributed by atoms with Gasteiger partial charge in [0.05, 0.1) is 33.6 Å². The molecule has 0 aliphatic carbocycles. The molecule has 0 unspecified atom stereocenters. The van der Waals surface area contributed by atoms with Crippen LogP contribution in [0.3, 0.4) is 0 Å². The minimum Gasteiger partial charge on any atom is -0.247 e. The van der Waals surface area contributed by atoms with E-state index in [1.807, 2.05) is 91.0 Å². The van der Waals surface area contributed by atoms with Gasteiger partial charge in [0.1, 0.15) is 0 Å². The topological polar surface area (TPSA) is 77.3 Å². The summed E-state index contributed by atoms with van der Waals surface area (Å²) in [6.07, 6.45) is 0. The van der Waals surface area contributed by atoms with Gasteiger partial charge in [-0.25, -0.2) is 29.9 Å². The zero-order valence-electron chi connectivity index (χ0n) is 32.3. The Kier molecular flexibility index (Phi) is 8.71. The van der Waals surface area contributed by atoms with Gasteiger partial charge in [-0.15, -0.1) is 0 Å². The van der Waals surface area contributed by atoms with Crippen molar-refractivity contribution < 1.29 is 0 Å². The fourth-order valence-corrected chi connectivity index (χ4v) is 7.95. The van der Waals surface area contributed by atoms with E-state index in [4.69, 9.17) is 29.9 Å². The highest BCUT2D eigenvalue weighted by Crippen LogP contribution is 2.40. The molecule has 8 aromatic carbocycles. The van der Waals surface area contributed by atoms with Gasteiger partial charge in [0.2, 0.25) is 0 Å². The summed E-state index contributed by atoms with van der Waals surface area (Å²) < 4.78 is 0. The number of hydrogen-bond acceptors (Lipinski definition) is 6. The summed E-state index contributed by atoms with van der Waals surface area (Å²) in [6, 6.07) is 70.3. The second kappa shape index (κ2) is 14.9. The second-order valence-corrected chi connectivity index (χ2v) is 14.7. The normalized spacial score (nSPS) is 11.3. The van der Waals surface area contributed by atoms with Crippen LogP contribution < -0.4 is 0 Å². The average molecular weight is 767 g/mol. The van der Waals surface area contributed by atoms with Gasteiger partial charge in [0, 0.05) is 49.5 Å². The van der Waals surface area contributed by atoms with E-state index in [0.29, 0.717) is 17.5 Å². The smallest absolute Gasteiger partial charge is 0.164 e. The lowest BCUT2D eigenvalue weighted by molar-refractivity contribution is 1.07. The van der Waals surface area contributed by atoms with Crippen molar-refractivity contribution in [2.45, 2.75) is 0 Å². The van der Waals surface area contributed by atoms with E-state index >= 15 is 0 Å². The van der Waals surface area contributed by atoms with E-state index in [1.54, 1.807) is 0 Å². The Bertz CT molecular complexity index is 3270. The average Bonchev–Trinajstić information content (AvgIpc) is 3.34. The molecule has 60 heavy (non-hydrogen) atoms. The van der Waals surface area contributed by atoms with Crippen LogP contribution in [-0.2, 0) is 0 Å². The summed E-state index contributed by atoms with van der Waals surface area (Å²) >= 11 is 0.